The third kappa shape index (κ3) is 6.95. The molecule has 0 aromatic heterocycles. The van der Waals surface area contributed by atoms with Crippen LogP contribution in [-0.2, 0) is 16.1 Å². The summed E-state index contributed by atoms with van der Waals surface area (Å²) in [5.74, 6) is 1.03. The maximum Gasteiger partial charge on any atom is 0.261 e. The van der Waals surface area contributed by atoms with Crippen molar-refractivity contribution in [3.8, 4) is 11.5 Å². The second-order valence-corrected chi connectivity index (χ2v) is 7.80. The lowest BCUT2D eigenvalue weighted by atomic mass is 10.1. The molecule has 0 bridgehead atoms. The van der Waals surface area contributed by atoms with Crippen LogP contribution in [-0.4, -0.2) is 43.0 Å². The Bertz CT molecular complexity index is 839. The molecule has 0 saturated heterocycles. The van der Waals surface area contributed by atoms with Crippen LogP contribution in [0.25, 0.3) is 0 Å². The van der Waals surface area contributed by atoms with Gasteiger partial charge in [-0.2, -0.15) is 0 Å². The lowest BCUT2D eigenvalue weighted by Gasteiger charge is -2.29. The van der Waals surface area contributed by atoms with E-state index in [1.165, 1.54) is 4.90 Å². The van der Waals surface area contributed by atoms with Gasteiger partial charge in [0.05, 0.1) is 7.11 Å². The van der Waals surface area contributed by atoms with Crippen LogP contribution in [0.15, 0.2) is 48.5 Å². The minimum atomic E-state index is -0.674. The number of hydrogen-bond donors (Lipinski definition) is 1. The van der Waals surface area contributed by atoms with Crippen molar-refractivity contribution < 1.29 is 19.1 Å². The fraction of sp³-hybridized carbons (Fsp3) is 0.391. The predicted octanol–water partition coefficient (Wildman–Crippen LogP) is 3.92. The van der Waals surface area contributed by atoms with Gasteiger partial charge in [-0.25, -0.2) is 0 Å². The average Bonchev–Trinajstić information content (AvgIpc) is 2.75. The summed E-state index contributed by atoms with van der Waals surface area (Å²) in [6, 6.07) is 13.6. The van der Waals surface area contributed by atoms with Gasteiger partial charge in [0.1, 0.15) is 17.5 Å². The van der Waals surface area contributed by atoms with Gasteiger partial charge in [0.2, 0.25) is 5.91 Å². The van der Waals surface area contributed by atoms with Crippen LogP contribution in [0.4, 0.5) is 0 Å². The maximum absolute atomic E-state index is 13.0. The molecule has 0 aliphatic carbocycles. The van der Waals surface area contributed by atoms with Crippen molar-refractivity contribution >= 4 is 23.4 Å². The summed E-state index contributed by atoms with van der Waals surface area (Å²) >= 11 is 6.28. The van der Waals surface area contributed by atoms with E-state index in [0.717, 1.165) is 5.56 Å². The summed E-state index contributed by atoms with van der Waals surface area (Å²) in [6.07, 6.45) is 0. The molecule has 1 N–H and O–H groups in total. The van der Waals surface area contributed by atoms with Gasteiger partial charge in [0.25, 0.3) is 5.91 Å². The minimum absolute atomic E-state index is 0.196. The van der Waals surface area contributed by atoms with Crippen LogP contribution in [0.2, 0.25) is 5.02 Å². The van der Waals surface area contributed by atoms with E-state index in [2.05, 4.69) is 5.32 Å². The van der Waals surface area contributed by atoms with Gasteiger partial charge in [-0.05, 0) is 48.7 Å². The van der Waals surface area contributed by atoms with Gasteiger partial charge in [0.15, 0.2) is 6.61 Å². The van der Waals surface area contributed by atoms with Crippen LogP contribution in [0.3, 0.4) is 0 Å². The molecule has 0 heterocycles. The first-order valence-corrected chi connectivity index (χ1v) is 10.3. The first-order chi connectivity index (χ1) is 14.3. The highest BCUT2D eigenvalue weighted by Gasteiger charge is 2.27. The molecule has 0 spiro atoms. The van der Waals surface area contributed by atoms with E-state index in [1.54, 1.807) is 44.4 Å². The van der Waals surface area contributed by atoms with E-state index >= 15 is 0 Å². The first kappa shape index (κ1) is 23.5. The third-order valence-electron chi connectivity index (χ3n) is 4.57. The summed E-state index contributed by atoms with van der Waals surface area (Å²) in [7, 11) is 1.58. The molecule has 30 heavy (non-hydrogen) atoms. The van der Waals surface area contributed by atoms with Gasteiger partial charge in [-0.1, -0.05) is 43.6 Å². The second kappa shape index (κ2) is 11.5. The van der Waals surface area contributed by atoms with Gasteiger partial charge in [0, 0.05) is 18.1 Å². The highest BCUT2D eigenvalue weighted by molar-refractivity contribution is 6.31. The predicted molar refractivity (Wildman–Crippen MR) is 118 cm³/mol. The number of benzene rings is 2. The lowest BCUT2D eigenvalue weighted by Crippen LogP contribution is -2.49. The number of rotatable bonds is 10. The van der Waals surface area contributed by atoms with E-state index in [0.29, 0.717) is 29.0 Å². The van der Waals surface area contributed by atoms with Gasteiger partial charge in [-0.3, -0.25) is 9.59 Å². The van der Waals surface area contributed by atoms with E-state index < -0.39 is 6.04 Å². The molecule has 2 aromatic rings. The molecule has 162 valence electrons. The van der Waals surface area contributed by atoms with Crippen molar-refractivity contribution in [2.75, 3.05) is 20.3 Å². The van der Waals surface area contributed by atoms with Crippen molar-refractivity contribution in [2.24, 2.45) is 5.92 Å². The summed E-state index contributed by atoms with van der Waals surface area (Å²) in [5.41, 5.74) is 0.764. The van der Waals surface area contributed by atoms with Crippen molar-refractivity contribution in [3.05, 3.63) is 59.1 Å². The normalized spacial score (nSPS) is 11.7. The van der Waals surface area contributed by atoms with Gasteiger partial charge < -0.3 is 19.7 Å². The molecule has 2 amide bonds. The zero-order valence-electron chi connectivity index (χ0n) is 17.9. The van der Waals surface area contributed by atoms with Crippen molar-refractivity contribution in [2.45, 2.75) is 33.4 Å². The van der Waals surface area contributed by atoms with E-state index in [1.807, 2.05) is 32.0 Å². The summed E-state index contributed by atoms with van der Waals surface area (Å²) in [6.45, 7) is 6.29. The van der Waals surface area contributed by atoms with Gasteiger partial charge >= 0.3 is 0 Å². The van der Waals surface area contributed by atoms with Crippen LogP contribution >= 0.6 is 11.6 Å². The largest absolute Gasteiger partial charge is 0.497 e. The zero-order valence-corrected chi connectivity index (χ0v) is 18.6. The molecule has 6 nitrogen and oxygen atoms in total. The smallest absolute Gasteiger partial charge is 0.261 e. The Morgan fingerprint density at radius 3 is 2.27 bits per heavy atom. The second-order valence-electron chi connectivity index (χ2n) is 7.39. The average molecular weight is 433 g/mol. The molecule has 0 aliphatic heterocycles. The van der Waals surface area contributed by atoms with E-state index in [9.17, 15) is 9.59 Å². The van der Waals surface area contributed by atoms with Crippen LogP contribution in [0, 0.1) is 5.92 Å². The number of amides is 2. The number of hydrogen-bond acceptors (Lipinski definition) is 4. The number of ether oxygens (including phenoxy) is 2. The Hall–Kier alpha value is -2.73. The Balaban J connectivity index is 2.12. The Morgan fingerprint density at radius 2 is 1.67 bits per heavy atom. The molecular weight excluding hydrogens is 404 g/mol. The fourth-order valence-electron chi connectivity index (χ4n) is 2.75. The molecule has 0 saturated carbocycles. The molecule has 2 aromatic carbocycles. The van der Waals surface area contributed by atoms with Crippen molar-refractivity contribution in [3.63, 3.8) is 0 Å². The fourth-order valence-corrected chi connectivity index (χ4v) is 2.94. The molecule has 0 fully saturated rings. The Kier molecular flexibility index (Phi) is 8.99. The number of methoxy groups -OCH3 is 1. The summed E-state index contributed by atoms with van der Waals surface area (Å²) in [4.78, 5) is 27.1. The van der Waals surface area contributed by atoms with Crippen LogP contribution < -0.4 is 14.8 Å². The summed E-state index contributed by atoms with van der Waals surface area (Å²) < 4.78 is 10.8. The Labute approximate surface area is 183 Å². The topological polar surface area (TPSA) is 67.9 Å². The standard InChI is InChI=1S/C23H29ClN2O4/c1-16(2)13-25-23(28)17(3)26(14-18-7-5-6-8-21(18)24)22(27)15-30-20-11-9-19(29-4)10-12-20/h5-12,16-17H,13-15H2,1-4H3,(H,25,28)/t17-/m0/s1. The number of carbonyl (C=O) groups is 2. The number of halogens is 1. The number of carbonyl (C=O) groups excluding carboxylic acids is 2. The Morgan fingerprint density at radius 1 is 1.03 bits per heavy atom. The van der Waals surface area contributed by atoms with E-state index in [4.69, 9.17) is 21.1 Å². The molecule has 2 rings (SSSR count). The van der Waals surface area contributed by atoms with Crippen LogP contribution in [0.5, 0.6) is 11.5 Å². The quantitative estimate of drug-likeness (QED) is 0.618. The third-order valence-corrected chi connectivity index (χ3v) is 4.94. The molecule has 1 atom stereocenters. The lowest BCUT2D eigenvalue weighted by molar-refractivity contribution is -0.142. The molecule has 7 heteroatoms. The molecule has 0 aliphatic rings. The molecule has 0 unspecified atom stereocenters. The highest BCUT2D eigenvalue weighted by atomic mass is 35.5. The molecular formula is C23H29ClN2O4. The monoisotopic (exact) mass is 432 g/mol. The van der Waals surface area contributed by atoms with Crippen molar-refractivity contribution in [1.29, 1.82) is 0 Å². The SMILES string of the molecule is COc1ccc(OCC(=O)N(Cc2ccccc2Cl)[C@@H](C)C(=O)NCC(C)C)cc1. The van der Waals surface area contributed by atoms with Gasteiger partial charge in [-0.15, -0.1) is 0 Å². The maximum atomic E-state index is 13.0. The van der Waals surface area contributed by atoms with Crippen molar-refractivity contribution in [1.82, 2.24) is 10.2 Å². The molecule has 0 radical (unpaired) electrons. The minimum Gasteiger partial charge on any atom is -0.497 e. The highest BCUT2D eigenvalue weighted by Crippen LogP contribution is 2.20. The number of nitrogens with zero attached hydrogens (tertiary/aromatic N) is 1. The first-order valence-electron chi connectivity index (χ1n) is 9.89. The summed E-state index contributed by atoms with van der Waals surface area (Å²) in [5, 5.41) is 3.43. The zero-order chi connectivity index (χ0) is 22.1. The number of nitrogens with one attached hydrogen (secondary N) is 1. The van der Waals surface area contributed by atoms with E-state index in [-0.39, 0.29) is 25.0 Å². The van der Waals surface area contributed by atoms with Crippen LogP contribution in [0.1, 0.15) is 26.3 Å².